The molecule has 40 heavy (non-hydrogen) atoms. The van der Waals surface area contributed by atoms with Crippen LogP contribution in [0, 0.1) is 17.2 Å². The molecule has 1 aliphatic rings. The number of carbonyl (C=O) groups is 2. The highest BCUT2D eigenvalue weighted by molar-refractivity contribution is 5.88. The van der Waals surface area contributed by atoms with Gasteiger partial charge in [-0.15, -0.1) is 0 Å². The highest BCUT2D eigenvalue weighted by Crippen LogP contribution is 2.29. The van der Waals surface area contributed by atoms with Gasteiger partial charge in [-0.25, -0.2) is 4.98 Å². The average Bonchev–Trinajstić information content (AvgIpc) is 3.45. The third-order valence-electron chi connectivity index (χ3n) is 7.53. The maximum Gasteiger partial charge on any atom is 0.234 e. The third-order valence-corrected chi connectivity index (χ3v) is 7.53. The molecule has 0 unspecified atom stereocenters. The van der Waals surface area contributed by atoms with Gasteiger partial charge in [0.15, 0.2) is 0 Å². The second-order valence-corrected chi connectivity index (χ2v) is 10.2. The zero-order valence-corrected chi connectivity index (χ0v) is 22.4. The SMILES string of the molecule is N#Cc1ccc(Cn2cncc2CCNC(=O)[C@H]2CCCN(C(=O)C(c3ccccc3)c3ccccc3)C2)cc1. The summed E-state index contributed by atoms with van der Waals surface area (Å²) in [5, 5.41) is 12.1. The Morgan fingerprint density at radius 1 is 0.975 bits per heavy atom. The summed E-state index contributed by atoms with van der Waals surface area (Å²) in [5.74, 6) is -0.581. The largest absolute Gasteiger partial charge is 0.355 e. The van der Waals surface area contributed by atoms with Crippen LogP contribution in [0.2, 0.25) is 0 Å². The van der Waals surface area contributed by atoms with Crippen LogP contribution in [0.1, 0.15) is 46.7 Å². The summed E-state index contributed by atoms with van der Waals surface area (Å²) < 4.78 is 2.06. The second-order valence-electron chi connectivity index (χ2n) is 10.2. The molecule has 0 aliphatic carbocycles. The molecule has 5 rings (SSSR count). The molecule has 1 aromatic heterocycles. The number of imidazole rings is 1. The average molecular weight is 532 g/mol. The van der Waals surface area contributed by atoms with Crippen LogP contribution in [0.4, 0.5) is 0 Å². The summed E-state index contributed by atoms with van der Waals surface area (Å²) in [6.45, 7) is 2.24. The molecule has 0 bridgehead atoms. The van der Waals surface area contributed by atoms with E-state index in [4.69, 9.17) is 5.26 Å². The van der Waals surface area contributed by atoms with Crippen molar-refractivity contribution in [2.45, 2.75) is 31.7 Å². The number of likely N-dealkylation sites (tertiary alicyclic amines) is 1. The van der Waals surface area contributed by atoms with Gasteiger partial charge in [0.25, 0.3) is 0 Å². The molecular formula is C33H33N5O2. The molecule has 2 amide bonds. The van der Waals surface area contributed by atoms with E-state index in [2.05, 4.69) is 20.9 Å². The van der Waals surface area contributed by atoms with E-state index in [-0.39, 0.29) is 23.7 Å². The lowest BCUT2D eigenvalue weighted by Crippen LogP contribution is -2.47. The summed E-state index contributed by atoms with van der Waals surface area (Å²) >= 11 is 0. The molecule has 1 aliphatic heterocycles. The zero-order chi connectivity index (χ0) is 27.7. The number of nitrogens with one attached hydrogen (secondary N) is 1. The first kappa shape index (κ1) is 26.9. The van der Waals surface area contributed by atoms with E-state index in [0.29, 0.717) is 38.2 Å². The van der Waals surface area contributed by atoms with Crippen molar-refractivity contribution in [3.05, 3.63) is 125 Å². The standard InChI is InChI=1S/C33H33N5O2/c34-20-25-13-15-26(16-14-25)22-38-24-35-21-30(38)17-18-36-32(39)29-12-7-19-37(23-29)33(40)31(27-8-3-1-4-9-27)28-10-5-2-6-11-28/h1-6,8-11,13-16,21,24,29,31H,7,12,17-19,22-23H2,(H,36,39)/t29-/m0/s1. The quantitative estimate of drug-likeness (QED) is 0.344. The highest BCUT2D eigenvalue weighted by atomic mass is 16.2. The van der Waals surface area contributed by atoms with Gasteiger partial charge in [-0.2, -0.15) is 5.26 Å². The Morgan fingerprint density at radius 3 is 2.30 bits per heavy atom. The molecule has 202 valence electrons. The molecule has 1 saturated heterocycles. The van der Waals surface area contributed by atoms with Crippen LogP contribution >= 0.6 is 0 Å². The van der Waals surface area contributed by atoms with Crippen LogP contribution in [0.3, 0.4) is 0 Å². The molecule has 3 aromatic carbocycles. The normalized spacial score (nSPS) is 15.0. The van der Waals surface area contributed by atoms with Gasteiger partial charge >= 0.3 is 0 Å². The second kappa shape index (κ2) is 12.9. The predicted octanol–water partition coefficient (Wildman–Crippen LogP) is 4.53. The van der Waals surface area contributed by atoms with E-state index in [1.165, 1.54) is 0 Å². The first-order valence-electron chi connectivity index (χ1n) is 13.8. The minimum absolute atomic E-state index is 0.00775. The number of benzene rings is 3. The molecular weight excluding hydrogens is 498 g/mol. The van der Waals surface area contributed by atoms with Gasteiger partial charge < -0.3 is 14.8 Å². The topological polar surface area (TPSA) is 91.0 Å². The number of nitriles is 1. The summed E-state index contributed by atoms with van der Waals surface area (Å²) in [5.41, 5.74) is 4.67. The molecule has 4 aromatic rings. The van der Waals surface area contributed by atoms with Gasteiger partial charge in [0.2, 0.25) is 11.8 Å². The lowest BCUT2D eigenvalue weighted by atomic mass is 9.88. The molecule has 7 nitrogen and oxygen atoms in total. The summed E-state index contributed by atoms with van der Waals surface area (Å²) in [7, 11) is 0. The fourth-order valence-corrected chi connectivity index (χ4v) is 5.38. The van der Waals surface area contributed by atoms with Gasteiger partial charge in [0, 0.05) is 44.5 Å². The van der Waals surface area contributed by atoms with Crippen molar-refractivity contribution in [1.82, 2.24) is 19.8 Å². The minimum Gasteiger partial charge on any atom is -0.355 e. The first-order valence-corrected chi connectivity index (χ1v) is 13.8. The van der Waals surface area contributed by atoms with E-state index in [9.17, 15) is 9.59 Å². The van der Waals surface area contributed by atoms with Crippen molar-refractivity contribution in [2.75, 3.05) is 19.6 Å². The lowest BCUT2D eigenvalue weighted by Gasteiger charge is -2.34. The predicted molar refractivity (Wildman–Crippen MR) is 153 cm³/mol. The molecule has 1 N–H and O–H groups in total. The summed E-state index contributed by atoms with van der Waals surface area (Å²) in [6.07, 6.45) is 5.84. The maximum atomic E-state index is 13.8. The number of hydrogen-bond acceptors (Lipinski definition) is 4. The number of hydrogen-bond donors (Lipinski definition) is 1. The fraction of sp³-hybridized carbons (Fsp3) is 0.273. The van der Waals surface area contributed by atoms with Gasteiger partial charge in [-0.05, 0) is 41.7 Å². The molecule has 2 heterocycles. The zero-order valence-electron chi connectivity index (χ0n) is 22.4. The van der Waals surface area contributed by atoms with Crippen molar-refractivity contribution < 1.29 is 9.59 Å². The number of aromatic nitrogens is 2. The van der Waals surface area contributed by atoms with Crippen LogP contribution in [-0.2, 0) is 22.6 Å². The van der Waals surface area contributed by atoms with Crippen molar-refractivity contribution in [1.29, 1.82) is 5.26 Å². The van der Waals surface area contributed by atoms with Crippen molar-refractivity contribution in [3.8, 4) is 6.07 Å². The van der Waals surface area contributed by atoms with E-state index in [1.54, 1.807) is 6.33 Å². The Balaban J connectivity index is 1.18. The Hall–Kier alpha value is -4.70. The van der Waals surface area contributed by atoms with Crippen molar-refractivity contribution in [2.24, 2.45) is 5.92 Å². The van der Waals surface area contributed by atoms with Crippen molar-refractivity contribution >= 4 is 11.8 Å². The molecule has 0 saturated carbocycles. The first-order chi connectivity index (χ1) is 19.6. The van der Waals surface area contributed by atoms with E-state index >= 15 is 0 Å². The Kier molecular flexibility index (Phi) is 8.67. The monoisotopic (exact) mass is 531 g/mol. The summed E-state index contributed by atoms with van der Waals surface area (Å²) in [6, 6.07) is 29.4. The smallest absolute Gasteiger partial charge is 0.234 e. The van der Waals surface area contributed by atoms with Crippen LogP contribution in [0.25, 0.3) is 0 Å². The Labute approximate surface area is 235 Å². The number of nitrogens with zero attached hydrogens (tertiary/aromatic N) is 4. The van der Waals surface area contributed by atoms with E-state index < -0.39 is 0 Å². The highest BCUT2D eigenvalue weighted by Gasteiger charge is 2.33. The molecule has 0 spiro atoms. The van der Waals surface area contributed by atoms with Gasteiger partial charge in [0.1, 0.15) is 0 Å². The van der Waals surface area contributed by atoms with Gasteiger partial charge in [0.05, 0.1) is 29.8 Å². The maximum absolute atomic E-state index is 13.8. The van der Waals surface area contributed by atoms with Crippen LogP contribution in [0.15, 0.2) is 97.5 Å². The van der Waals surface area contributed by atoms with Crippen molar-refractivity contribution in [3.63, 3.8) is 0 Å². The Morgan fingerprint density at radius 2 is 1.65 bits per heavy atom. The molecule has 1 atom stereocenters. The number of carbonyl (C=O) groups excluding carboxylic acids is 2. The number of amides is 2. The fourth-order valence-electron chi connectivity index (χ4n) is 5.38. The van der Waals surface area contributed by atoms with E-state index in [0.717, 1.165) is 35.2 Å². The minimum atomic E-state index is -0.388. The molecule has 0 radical (unpaired) electrons. The number of rotatable bonds is 9. The van der Waals surface area contributed by atoms with Crippen LogP contribution in [-0.4, -0.2) is 45.9 Å². The molecule has 7 heteroatoms. The van der Waals surface area contributed by atoms with Gasteiger partial charge in [-0.3, -0.25) is 9.59 Å². The summed E-state index contributed by atoms with van der Waals surface area (Å²) in [4.78, 5) is 33.1. The molecule has 1 fully saturated rings. The lowest BCUT2D eigenvalue weighted by molar-refractivity contribution is -0.136. The Bertz CT molecular complexity index is 1420. The van der Waals surface area contributed by atoms with E-state index in [1.807, 2.05) is 96.0 Å². The van der Waals surface area contributed by atoms with Crippen LogP contribution < -0.4 is 5.32 Å². The number of piperidine rings is 1. The van der Waals surface area contributed by atoms with Gasteiger partial charge in [-0.1, -0.05) is 72.8 Å². The third kappa shape index (κ3) is 6.47. The van der Waals surface area contributed by atoms with Crippen LogP contribution in [0.5, 0.6) is 0 Å².